The van der Waals surface area contributed by atoms with Gasteiger partial charge in [0.2, 0.25) is 11.8 Å². The predicted octanol–water partition coefficient (Wildman–Crippen LogP) is 4.13. The molecule has 0 aliphatic carbocycles. The molecular formula is C35H34FN5O5. The van der Waals surface area contributed by atoms with Gasteiger partial charge in [0.15, 0.2) is 11.5 Å². The molecule has 2 heterocycles. The topological polar surface area (TPSA) is 117 Å². The van der Waals surface area contributed by atoms with Gasteiger partial charge in [-0.15, -0.1) is 6.58 Å². The standard InChI is InChI=1S/C35H34FN5O5/c1-2-16-39(35(46)37-19-23-10-13-27(36)14-11-23)40-22-33(44)41-29(17-24-12-15-30(42)31(43)18-24)34(45)38(21-32(40)41)20-26-8-5-7-25-6-3-4-9-28(25)26/h2-15,18,29,32,42-43H,1,16-17,19-22H2,(H,37,46)/t29-,32+/m0/s1. The minimum atomic E-state index is -0.928. The number of hydrogen-bond acceptors (Lipinski definition) is 6. The lowest BCUT2D eigenvalue weighted by Crippen LogP contribution is -2.66. The summed E-state index contributed by atoms with van der Waals surface area (Å²) in [7, 11) is 0. The number of hydrogen-bond donors (Lipinski definition) is 3. The van der Waals surface area contributed by atoms with Crippen molar-refractivity contribution in [3.05, 3.63) is 120 Å². The van der Waals surface area contributed by atoms with E-state index in [2.05, 4.69) is 11.9 Å². The van der Waals surface area contributed by atoms with Crippen molar-refractivity contribution in [3.8, 4) is 11.5 Å². The number of hydrazine groups is 1. The highest BCUT2D eigenvalue weighted by Gasteiger charge is 2.52. The van der Waals surface area contributed by atoms with Gasteiger partial charge in [-0.1, -0.05) is 66.7 Å². The number of rotatable bonds is 9. The molecule has 236 valence electrons. The number of nitrogens with zero attached hydrogens (tertiary/aromatic N) is 4. The predicted molar refractivity (Wildman–Crippen MR) is 170 cm³/mol. The molecule has 0 spiro atoms. The van der Waals surface area contributed by atoms with Gasteiger partial charge in [0.05, 0.1) is 19.6 Å². The number of phenolic OH excluding ortho intramolecular Hbond substituents is 2. The fourth-order valence-electron chi connectivity index (χ4n) is 6.24. The molecule has 4 amide bonds. The van der Waals surface area contributed by atoms with Crippen LogP contribution in [0.3, 0.4) is 0 Å². The number of aromatic hydroxyl groups is 2. The van der Waals surface area contributed by atoms with Crippen LogP contribution in [0, 0.1) is 5.82 Å². The average Bonchev–Trinajstić information content (AvgIpc) is 3.38. The number of fused-ring (bicyclic) bond motifs is 2. The minimum absolute atomic E-state index is 0.0903. The Morgan fingerprint density at radius 2 is 1.72 bits per heavy atom. The fourth-order valence-corrected chi connectivity index (χ4v) is 6.24. The highest BCUT2D eigenvalue weighted by Crippen LogP contribution is 2.33. The Morgan fingerprint density at radius 1 is 0.978 bits per heavy atom. The van der Waals surface area contributed by atoms with Crippen molar-refractivity contribution in [1.29, 1.82) is 0 Å². The zero-order valence-electron chi connectivity index (χ0n) is 25.1. The number of halogens is 1. The second kappa shape index (κ2) is 12.9. The summed E-state index contributed by atoms with van der Waals surface area (Å²) in [5, 5.41) is 28.0. The first-order valence-electron chi connectivity index (χ1n) is 15.0. The summed E-state index contributed by atoms with van der Waals surface area (Å²) in [4.78, 5) is 44.7. The van der Waals surface area contributed by atoms with E-state index in [0.717, 1.165) is 16.3 Å². The van der Waals surface area contributed by atoms with Crippen LogP contribution in [-0.4, -0.2) is 79.7 Å². The lowest BCUT2D eigenvalue weighted by atomic mass is 9.98. The Balaban J connectivity index is 1.32. The van der Waals surface area contributed by atoms with Gasteiger partial charge >= 0.3 is 6.03 Å². The summed E-state index contributed by atoms with van der Waals surface area (Å²) < 4.78 is 13.4. The molecule has 2 aliphatic rings. The molecule has 0 aromatic heterocycles. The summed E-state index contributed by atoms with van der Waals surface area (Å²) in [6.07, 6.45) is 0.975. The largest absolute Gasteiger partial charge is 0.504 e. The second-order valence-electron chi connectivity index (χ2n) is 11.4. The van der Waals surface area contributed by atoms with Crippen LogP contribution < -0.4 is 5.32 Å². The smallest absolute Gasteiger partial charge is 0.332 e. The molecule has 10 nitrogen and oxygen atoms in total. The number of amides is 4. The normalized spacial score (nSPS) is 18.1. The summed E-state index contributed by atoms with van der Waals surface area (Å²) >= 11 is 0. The van der Waals surface area contributed by atoms with Crippen LogP contribution in [0.15, 0.2) is 97.6 Å². The average molecular weight is 624 g/mol. The van der Waals surface area contributed by atoms with Crippen LogP contribution in [0.5, 0.6) is 11.5 Å². The van der Waals surface area contributed by atoms with Crippen LogP contribution in [0.4, 0.5) is 9.18 Å². The monoisotopic (exact) mass is 623 g/mol. The number of piperazine rings is 1. The molecule has 4 aromatic carbocycles. The van der Waals surface area contributed by atoms with E-state index in [-0.39, 0.29) is 68.3 Å². The van der Waals surface area contributed by atoms with E-state index in [9.17, 15) is 29.0 Å². The second-order valence-corrected chi connectivity index (χ2v) is 11.4. The Kier molecular flexibility index (Phi) is 8.58. The zero-order valence-corrected chi connectivity index (χ0v) is 25.1. The van der Waals surface area contributed by atoms with Gasteiger partial charge in [0, 0.05) is 19.5 Å². The highest BCUT2D eigenvalue weighted by molar-refractivity contribution is 5.92. The van der Waals surface area contributed by atoms with Gasteiger partial charge in [0.25, 0.3) is 0 Å². The molecule has 0 unspecified atom stereocenters. The Bertz CT molecular complexity index is 1790. The summed E-state index contributed by atoms with van der Waals surface area (Å²) in [6, 6.07) is 22.6. The number of carbonyl (C=O) groups excluding carboxylic acids is 3. The van der Waals surface area contributed by atoms with Crippen molar-refractivity contribution in [3.63, 3.8) is 0 Å². The number of nitrogens with one attached hydrogen (secondary N) is 1. The van der Waals surface area contributed by atoms with Crippen molar-refractivity contribution < 1.29 is 29.0 Å². The number of phenols is 2. The third-order valence-corrected chi connectivity index (χ3v) is 8.48. The maximum atomic E-state index is 14.2. The van der Waals surface area contributed by atoms with E-state index in [0.29, 0.717) is 11.1 Å². The van der Waals surface area contributed by atoms with E-state index >= 15 is 0 Å². The molecule has 2 aliphatic heterocycles. The Labute approximate surface area is 265 Å². The third kappa shape index (κ3) is 6.09. The van der Waals surface area contributed by atoms with Crippen molar-refractivity contribution >= 4 is 28.6 Å². The van der Waals surface area contributed by atoms with Crippen LogP contribution >= 0.6 is 0 Å². The van der Waals surface area contributed by atoms with Gasteiger partial charge in [0.1, 0.15) is 18.0 Å². The van der Waals surface area contributed by atoms with E-state index < -0.39 is 18.2 Å². The maximum absolute atomic E-state index is 14.2. The molecule has 0 bridgehead atoms. The molecular weight excluding hydrogens is 589 g/mol. The van der Waals surface area contributed by atoms with Crippen molar-refractivity contribution in [2.45, 2.75) is 31.7 Å². The van der Waals surface area contributed by atoms with Crippen molar-refractivity contribution in [1.82, 2.24) is 25.1 Å². The lowest BCUT2D eigenvalue weighted by Gasteiger charge is -2.46. The molecule has 11 heteroatoms. The van der Waals surface area contributed by atoms with Gasteiger partial charge in [-0.25, -0.2) is 9.18 Å². The van der Waals surface area contributed by atoms with Gasteiger partial charge < -0.3 is 25.3 Å². The Hall–Kier alpha value is -5.42. The van der Waals surface area contributed by atoms with E-state index in [4.69, 9.17) is 0 Å². The third-order valence-electron chi connectivity index (χ3n) is 8.48. The molecule has 6 rings (SSSR count). The first-order chi connectivity index (χ1) is 22.2. The lowest BCUT2D eigenvalue weighted by molar-refractivity contribution is -0.157. The van der Waals surface area contributed by atoms with E-state index in [1.807, 2.05) is 42.5 Å². The zero-order chi connectivity index (χ0) is 32.4. The molecule has 2 fully saturated rings. The minimum Gasteiger partial charge on any atom is -0.504 e. The van der Waals surface area contributed by atoms with Crippen molar-refractivity contribution in [2.24, 2.45) is 0 Å². The van der Waals surface area contributed by atoms with Crippen LogP contribution in [-0.2, 0) is 29.1 Å². The van der Waals surface area contributed by atoms with Crippen molar-refractivity contribution in [2.75, 3.05) is 19.6 Å². The molecule has 4 aromatic rings. The number of carbonyl (C=O) groups is 3. The summed E-state index contributed by atoms with van der Waals surface area (Å²) in [6.45, 7) is 4.32. The Morgan fingerprint density at radius 3 is 2.48 bits per heavy atom. The molecule has 2 saturated heterocycles. The summed E-state index contributed by atoms with van der Waals surface area (Å²) in [5.74, 6) is -1.57. The first-order valence-corrected chi connectivity index (χ1v) is 15.0. The van der Waals surface area contributed by atoms with E-state index in [1.54, 1.807) is 34.2 Å². The molecule has 0 radical (unpaired) electrons. The maximum Gasteiger partial charge on any atom is 0.332 e. The quantitative estimate of drug-likeness (QED) is 0.191. The summed E-state index contributed by atoms with van der Waals surface area (Å²) in [5.41, 5.74) is 2.21. The first kappa shape index (κ1) is 30.6. The highest BCUT2D eigenvalue weighted by atomic mass is 19.1. The number of benzene rings is 4. The molecule has 3 N–H and O–H groups in total. The fraction of sp³-hybridized carbons (Fsp3) is 0.229. The number of urea groups is 1. The van der Waals surface area contributed by atoms with Gasteiger partial charge in [-0.3, -0.25) is 14.6 Å². The van der Waals surface area contributed by atoms with Crippen LogP contribution in [0.1, 0.15) is 16.7 Å². The van der Waals surface area contributed by atoms with E-state index in [1.165, 1.54) is 34.2 Å². The van der Waals surface area contributed by atoms with Gasteiger partial charge in [-0.2, -0.15) is 5.01 Å². The SMILES string of the molecule is C=CCN(C(=O)NCc1ccc(F)cc1)N1CC(=O)N2[C@@H](Cc3ccc(O)c(O)c3)C(=O)N(Cc3cccc4ccccc34)C[C@@H]21. The van der Waals surface area contributed by atoms with Crippen LogP contribution in [0.2, 0.25) is 0 Å². The molecule has 46 heavy (non-hydrogen) atoms. The van der Waals surface area contributed by atoms with Gasteiger partial charge in [-0.05, 0) is 51.7 Å². The molecule has 0 saturated carbocycles. The van der Waals surface area contributed by atoms with Crippen LogP contribution in [0.25, 0.3) is 10.8 Å². The molecule has 2 atom stereocenters.